The molecule has 108 valence electrons. The number of ether oxygens (including phenoxy) is 2. The Morgan fingerprint density at radius 3 is 2.85 bits per heavy atom. The lowest BCUT2D eigenvalue weighted by Crippen LogP contribution is -2.29. The molecule has 20 heavy (non-hydrogen) atoms. The number of hydrogen-bond donors (Lipinski definition) is 1. The number of amides is 1. The molecular weight excluding hydrogens is 282 g/mol. The summed E-state index contributed by atoms with van der Waals surface area (Å²) in [5, 5.41) is 2.77. The number of benzene rings is 1. The largest absolute Gasteiger partial charge is 0.454 e. The highest BCUT2D eigenvalue weighted by atomic mass is 32.2. The third kappa shape index (κ3) is 2.72. The molecule has 1 saturated heterocycles. The van der Waals surface area contributed by atoms with Gasteiger partial charge in [-0.25, -0.2) is 8.42 Å². The normalized spacial score (nSPS) is 22.7. The van der Waals surface area contributed by atoms with Crippen LogP contribution in [-0.2, 0) is 9.84 Å². The third-order valence-electron chi connectivity index (χ3n) is 3.51. The van der Waals surface area contributed by atoms with Crippen LogP contribution in [0.1, 0.15) is 16.8 Å². The Morgan fingerprint density at radius 2 is 2.10 bits per heavy atom. The molecule has 0 bridgehead atoms. The minimum absolute atomic E-state index is 0.0120. The van der Waals surface area contributed by atoms with E-state index in [0.717, 1.165) is 0 Å². The minimum atomic E-state index is -2.90. The first-order valence-electron chi connectivity index (χ1n) is 6.42. The molecule has 0 aromatic heterocycles. The molecule has 2 aliphatic heterocycles. The topological polar surface area (TPSA) is 81.7 Å². The maximum atomic E-state index is 12.0. The molecule has 0 radical (unpaired) electrons. The van der Waals surface area contributed by atoms with E-state index < -0.39 is 9.84 Å². The van der Waals surface area contributed by atoms with Crippen molar-refractivity contribution in [3.05, 3.63) is 23.8 Å². The molecule has 1 unspecified atom stereocenters. The summed E-state index contributed by atoms with van der Waals surface area (Å²) in [6.07, 6.45) is 0.615. The molecule has 1 aromatic carbocycles. The Balaban J connectivity index is 1.60. The number of hydrogen-bond acceptors (Lipinski definition) is 5. The van der Waals surface area contributed by atoms with E-state index in [9.17, 15) is 13.2 Å². The lowest BCUT2D eigenvalue weighted by Gasteiger charge is -2.10. The number of carbonyl (C=O) groups excluding carboxylic acids is 1. The number of carbonyl (C=O) groups is 1. The first-order chi connectivity index (χ1) is 9.53. The molecule has 1 N–H and O–H groups in total. The van der Waals surface area contributed by atoms with Gasteiger partial charge in [0.25, 0.3) is 5.91 Å². The third-order valence-corrected chi connectivity index (χ3v) is 5.35. The highest BCUT2D eigenvalue weighted by Gasteiger charge is 2.28. The van der Waals surface area contributed by atoms with E-state index in [1.165, 1.54) is 0 Å². The fourth-order valence-corrected chi connectivity index (χ4v) is 4.27. The zero-order chi connectivity index (χ0) is 14.2. The second kappa shape index (κ2) is 4.97. The molecule has 6 nitrogen and oxygen atoms in total. The van der Waals surface area contributed by atoms with Crippen molar-refractivity contribution in [2.75, 3.05) is 24.8 Å². The van der Waals surface area contributed by atoms with Gasteiger partial charge in [-0.1, -0.05) is 0 Å². The van der Waals surface area contributed by atoms with Gasteiger partial charge in [0, 0.05) is 12.1 Å². The summed E-state index contributed by atoms with van der Waals surface area (Å²) < 4.78 is 33.1. The number of rotatable bonds is 3. The van der Waals surface area contributed by atoms with Crippen molar-refractivity contribution in [1.29, 1.82) is 0 Å². The summed E-state index contributed by atoms with van der Waals surface area (Å²) in [6, 6.07) is 4.98. The van der Waals surface area contributed by atoms with Crippen molar-refractivity contribution in [1.82, 2.24) is 5.32 Å². The summed E-state index contributed by atoms with van der Waals surface area (Å²) in [5.41, 5.74) is 0.482. The van der Waals surface area contributed by atoms with Crippen LogP contribution in [0, 0.1) is 5.92 Å². The smallest absolute Gasteiger partial charge is 0.251 e. The zero-order valence-electron chi connectivity index (χ0n) is 10.8. The standard InChI is InChI=1S/C13H15NO5S/c15-13(14-6-9-3-4-20(16,17)7-9)10-1-2-11-12(5-10)19-8-18-11/h1-2,5,9H,3-4,6-8H2,(H,14,15). The zero-order valence-corrected chi connectivity index (χ0v) is 11.6. The molecule has 1 amide bonds. The van der Waals surface area contributed by atoms with Crippen LogP contribution in [0.2, 0.25) is 0 Å². The van der Waals surface area contributed by atoms with E-state index in [4.69, 9.17) is 9.47 Å². The van der Waals surface area contributed by atoms with Crippen LogP contribution >= 0.6 is 0 Å². The molecule has 0 spiro atoms. The summed E-state index contributed by atoms with van der Waals surface area (Å²) in [6.45, 7) is 0.548. The van der Waals surface area contributed by atoms with E-state index in [0.29, 0.717) is 30.0 Å². The van der Waals surface area contributed by atoms with E-state index in [1.807, 2.05) is 0 Å². The monoisotopic (exact) mass is 297 g/mol. The maximum Gasteiger partial charge on any atom is 0.251 e. The van der Waals surface area contributed by atoms with E-state index in [1.54, 1.807) is 18.2 Å². The van der Waals surface area contributed by atoms with Crippen molar-refractivity contribution in [2.45, 2.75) is 6.42 Å². The quantitative estimate of drug-likeness (QED) is 0.882. The van der Waals surface area contributed by atoms with Crippen LogP contribution in [0.5, 0.6) is 11.5 Å². The molecule has 7 heteroatoms. The molecule has 3 rings (SSSR count). The number of nitrogens with one attached hydrogen (secondary N) is 1. The Hall–Kier alpha value is -1.76. The van der Waals surface area contributed by atoms with Gasteiger partial charge < -0.3 is 14.8 Å². The fourth-order valence-electron chi connectivity index (χ4n) is 2.41. The van der Waals surface area contributed by atoms with Gasteiger partial charge in [0.05, 0.1) is 11.5 Å². The van der Waals surface area contributed by atoms with Gasteiger partial charge in [0.15, 0.2) is 21.3 Å². The number of sulfone groups is 1. The molecule has 2 aliphatic rings. The Kier molecular flexibility index (Phi) is 3.29. The molecule has 0 saturated carbocycles. The van der Waals surface area contributed by atoms with Crippen LogP contribution in [-0.4, -0.2) is 39.2 Å². The highest BCUT2D eigenvalue weighted by molar-refractivity contribution is 7.91. The lowest BCUT2D eigenvalue weighted by molar-refractivity contribution is 0.0948. The van der Waals surface area contributed by atoms with Gasteiger partial charge in [0.2, 0.25) is 6.79 Å². The second-order valence-electron chi connectivity index (χ2n) is 5.05. The van der Waals surface area contributed by atoms with Gasteiger partial charge >= 0.3 is 0 Å². The van der Waals surface area contributed by atoms with Crippen molar-refractivity contribution in [3.63, 3.8) is 0 Å². The molecular formula is C13H15NO5S. The predicted molar refractivity (Wildman–Crippen MR) is 71.7 cm³/mol. The van der Waals surface area contributed by atoms with E-state index in [2.05, 4.69) is 5.32 Å². The minimum Gasteiger partial charge on any atom is -0.454 e. The van der Waals surface area contributed by atoms with Gasteiger partial charge in [0.1, 0.15) is 0 Å². The van der Waals surface area contributed by atoms with Crippen molar-refractivity contribution in [2.24, 2.45) is 5.92 Å². The van der Waals surface area contributed by atoms with E-state index >= 15 is 0 Å². The molecule has 1 atom stereocenters. The maximum absolute atomic E-state index is 12.0. The van der Waals surface area contributed by atoms with Crippen LogP contribution in [0.25, 0.3) is 0 Å². The van der Waals surface area contributed by atoms with Crippen molar-refractivity contribution < 1.29 is 22.7 Å². The van der Waals surface area contributed by atoms with Gasteiger partial charge in [-0.15, -0.1) is 0 Å². The second-order valence-corrected chi connectivity index (χ2v) is 7.28. The van der Waals surface area contributed by atoms with Crippen LogP contribution in [0.15, 0.2) is 18.2 Å². The molecule has 0 aliphatic carbocycles. The SMILES string of the molecule is O=C(NCC1CCS(=O)(=O)C1)c1ccc2c(c1)OCO2. The average Bonchev–Trinajstić information content (AvgIpc) is 3.01. The number of fused-ring (bicyclic) bond motifs is 1. The van der Waals surface area contributed by atoms with Gasteiger partial charge in [-0.2, -0.15) is 0 Å². The lowest BCUT2D eigenvalue weighted by atomic mass is 10.1. The van der Waals surface area contributed by atoms with Crippen LogP contribution in [0.4, 0.5) is 0 Å². The van der Waals surface area contributed by atoms with E-state index in [-0.39, 0.29) is 30.1 Å². The van der Waals surface area contributed by atoms with Crippen LogP contribution < -0.4 is 14.8 Å². The Labute approximate surface area is 117 Å². The highest BCUT2D eigenvalue weighted by Crippen LogP contribution is 2.32. The summed E-state index contributed by atoms with van der Waals surface area (Å²) in [5.74, 6) is 1.35. The van der Waals surface area contributed by atoms with Crippen molar-refractivity contribution >= 4 is 15.7 Å². The first kappa shape index (κ1) is 13.2. The van der Waals surface area contributed by atoms with Gasteiger partial charge in [-0.3, -0.25) is 4.79 Å². The fraction of sp³-hybridized carbons (Fsp3) is 0.462. The molecule has 2 heterocycles. The summed E-state index contributed by atoms with van der Waals surface area (Å²) >= 11 is 0. The Morgan fingerprint density at radius 1 is 1.30 bits per heavy atom. The van der Waals surface area contributed by atoms with Crippen molar-refractivity contribution in [3.8, 4) is 11.5 Å². The Bertz CT molecular complexity index is 640. The molecule has 1 fully saturated rings. The summed E-state index contributed by atoms with van der Waals surface area (Å²) in [4.78, 5) is 12.0. The van der Waals surface area contributed by atoms with Gasteiger partial charge in [-0.05, 0) is 30.5 Å². The average molecular weight is 297 g/mol. The first-order valence-corrected chi connectivity index (χ1v) is 8.24. The predicted octanol–water partition coefficient (Wildman–Crippen LogP) is 0.580. The van der Waals surface area contributed by atoms with Crippen LogP contribution in [0.3, 0.4) is 0 Å². The molecule has 1 aromatic rings. The summed E-state index contributed by atoms with van der Waals surface area (Å²) in [7, 11) is -2.90.